The Morgan fingerprint density at radius 3 is 2.44 bits per heavy atom. The monoisotopic (exact) mass is 254 g/mol. The first-order valence-electron chi connectivity index (χ1n) is 7.29. The Labute approximate surface area is 110 Å². The molecule has 0 atom stereocenters. The van der Waals surface area contributed by atoms with Gasteiger partial charge in [0.2, 0.25) is 5.91 Å². The minimum atomic E-state index is -0.460. The molecule has 1 saturated heterocycles. The molecule has 2 N–H and O–H groups in total. The lowest BCUT2D eigenvalue weighted by molar-refractivity contribution is -0.126. The second-order valence-corrected chi connectivity index (χ2v) is 5.95. The van der Waals surface area contributed by atoms with Crippen LogP contribution in [0.4, 0.5) is 0 Å². The molecule has 104 valence electrons. The normalized spacial score (nSPS) is 25.9. The highest BCUT2D eigenvalue weighted by Gasteiger charge is 2.33. The van der Waals surface area contributed by atoms with Crippen LogP contribution < -0.4 is 5.32 Å². The Hall–Kier alpha value is -0.610. The van der Waals surface area contributed by atoms with Crippen LogP contribution in [0.5, 0.6) is 0 Å². The molecule has 4 heteroatoms. The summed E-state index contributed by atoms with van der Waals surface area (Å²) in [5.74, 6) is 0.346. The van der Waals surface area contributed by atoms with Crippen molar-refractivity contribution in [2.45, 2.75) is 50.5 Å². The number of likely N-dealkylation sites (tertiary alicyclic amines) is 1. The van der Waals surface area contributed by atoms with Crippen molar-refractivity contribution in [1.82, 2.24) is 10.2 Å². The number of aliphatic hydroxyl groups is 1. The van der Waals surface area contributed by atoms with Crippen LogP contribution in [0.25, 0.3) is 0 Å². The van der Waals surface area contributed by atoms with Crippen molar-refractivity contribution in [3.05, 3.63) is 0 Å². The molecule has 0 spiro atoms. The van der Waals surface area contributed by atoms with Crippen molar-refractivity contribution in [2.75, 3.05) is 26.7 Å². The van der Waals surface area contributed by atoms with E-state index in [-0.39, 0.29) is 11.8 Å². The molecule has 4 nitrogen and oxygen atoms in total. The van der Waals surface area contributed by atoms with Gasteiger partial charge in [0.15, 0.2) is 0 Å². The van der Waals surface area contributed by atoms with Gasteiger partial charge in [0.1, 0.15) is 0 Å². The van der Waals surface area contributed by atoms with E-state index in [2.05, 4.69) is 10.2 Å². The maximum atomic E-state index is 11.5. The third-order valence-electron chi connectivity index (χ3n) is 4.51. The molecule has 0 bridgehead atoms. The van der Waals surface area contributed by atoms with Gasteiger partial charge in [0, 0.05) is 19.5 Å². The molecule has 1 heterocycles. The van der Waals surface area contributed by atoms with E-state index in [0.717, 1.165) is 58.2 Å². The van der Waals surface area contributed by atoms with Crippen molar-refractivity contribution >= 4 is 5.91 Å². The van der Waals surface area contributed by atoms with Crippen molar-refractivity contribution in [3.8, 4) is 0 Å². The van der Waals surface area contributed by atoms with Gasteiger partial charge in [-0.1, -0.05) is 19.3 Å². The predicted molar refractivity (Wildman–Crippen MR) is 71.3 cm³/mol. The maximum Gasteiger partial charge on any atom is 0.222 e. The highest BCUT2D eigenvalue weighted by atomic mass is 16.3. The van der Waals surface area contributed by atoms with Crippen LogP contribution >= 0.6 is 0 Å². The van der Waals surface area contributed by atoms with Crippen LogP contribution in [0.1, 0.15) is 44.9 Å². The number of β-amino-alcohol motifs (C(OH)–C–C–N with tert-alkyl or cyclic N) is 1. The van der Waals surface area contributed by atoms with Gasteiger partial charge < -0.3 is 15.3 Å². The zero-order valence-electron chi connectivity index (χ0n) is 11.5. The van der Waals surface area contributed by atoms with E-state index in [1.165, 1.54) is 6.42 Å². The quantitative estimate of drug-likeness (QED) is 0.794. The van der Waals surface area contributed by atoms with E-state index in [1.807, 2.05) is 0 Å². The van der Waals surface area contributed by atoms with E-state index < -0.39 is 5.60 Å². The summed E-state index contributed by atoms with van der Waals surface area (Å²) in [6, 6.07) is 0. The SMILES string of the molecule is CNC(=O)C1CCN(CC2(O)CCCCC2)CC1. The number of hydrogen-bond acceptors (Lipinski definition) is 3. The number of hydrogen-bond donors (Lipinski definition) is 2. The number of nitrogens with one attached hydrogen (secondary N) is 1. The third kappa shape index (κ3) is 3.45. The fourth-order valence-electron chi connectivity index (χ4n) is 3.34. The molecular weight excluding hydrogens is 228 g/mol. The highest BCUT2D eigenvalue weighted by molar-refractivity contribution is 5.78. The maximum absolute atomic E-state index is 11.5. The first kappa shape index (κ1) is 13.8. The van der Waals surface area contributed by atoms with Crippen molar-refractivity contribution in [2.24, 2.45) is 5.92 Å². The zero-order valence-corrected chi connectivity index (χ0v) is 11.5. The molecule has 1 aliphatic heterocycles. The highest BCUT2D eigenvalue weighted by Crippen LogP contribution is 2.30. The number of nitrogens with zero attached hydrogens (tertiary/aromatic N) is 1. The first-order chi connectivity index (χ1) is 8.63. The molecule has 2 aliphatic rings. The van der Waals surface area contributed by atoms with Crippen LogP contribution in [0.15, 0.2) is 0 Å². The van der Waals surface area contributed by atoms with Gasteiger partial charge in [-0.15, -0.1) is 0 Å². The van der Waals surface area contributed by atoms with E-state index in [0.29, 0.717) is 0 Å². The van der Waals surface area contributed by atoms with Crippen molar-refractivity contribution in [3.63, 3.8) is 0 Å². The standard InChI is InChI=1S/C14H26N2O2/c1-15-13(17)12-5-9-16(10-6-12)11-14(18)7-3-2-4-8-14/h12,18H,2-11H2,1H3,(H,15,17). The van der Waals surface area contributed by atoms with Crippen LogP contribution in [0.3, 0.4) is 0 Å². The molecule has 0 aromatic carbocycles. The summed E-state index contributed by atoms with van der Waals surface area (Å²) in [5.41, 5.74) is -0.460. The molecule has 2 fully saturated rings. The second-order valence-electron chi connectivity index (χ2n) is 5.95. The minimum absolute atomic E-state index is 0.172. The van der Waals surface area contributed by atoms with Crippen molar-refractivity contribution < 1.29 is 9.90 Å². The minimum Gasteiger partial charge on any atom is -0.389 e. The smallest absolute Gasteiger partial charge is 0.222 e. The lowest BCUT2D eigenvalue weighted by atomic mass is 9.84. The molecule has 0 unspecified atom stereocenters. The van der Waals surface area contributed by atoms with Crippen LogP contribution in [0.2, 0.25) is 0 Å². The van der Waals surface area contributed by atoms with E-state index in [4.69, 9.17) is 0 Å². The molecule has 0 radical (unpaired) electrons. The van der Waals surface area contributed by atoms with E-state index >= 15 is 0 Å². The second kappa shape index (κ2) is 6.02. The lowest BCUT2D eigenvalue weighted by Crippen LogP contribution is -2.48. The van der Waals surface area contributed by atoms with Gasteiger partial charge in [-0.25, -0.2) is 0 Å². The van der Waals surface area contributed by atoms with Gasteiger partial charge in [-0.3, -0.25) is 4.79 Å². The molecule has 1 amide bonds. The zero-order chi connectivity index (χ0) is 13.0. The topological polar surface area (TPSA) is 52.6 Å². The molecule has 1 aliphatic carbocycles. The summed E-state index contributed by atoms with van der Waals surface area (Å²) in [6.45, 7) is 2.69. The van der Waals surface area contributed by atoms with Gasteiger partial charge >= 0.3 is 0 Å². The average Bonchev–Trinajstić information content (AvgIpc) is 2.39. The number of rotatable bonds is 3. The Morgan fingerprint density at radius 1 is 1.28 bits per heavy atom. The summed E-state index contributed by atoms with van der Waals surface area (Å²) >= 11 is 0. The average molecular weight is 254 g/mol. The van der Waals surface area contributed by atoms with Crippen LogP contribution in [-0.2, 0) is 4.79 Å². The van der Waals surface area contributed by atoms with Crippen molar-refractivity contribution in [1.29, 1.82) is 0 Å². The fourth-order valence-corrected chi connectivity index (χ4v) is 3.34. The number of piperidine rings is 1. The largest absolute Gasteiger partial charge is 0.389 e. The Kier molecular flexibility index (Phi) is 4.62. The van der Waals surface area contributed by atoms with E-state index in [1.54, 1.807) is 7.05 Å². The summed E-state index contributed by atoms with van der Waals surface area (Å²) in [4.78, 5) is 13.9. The Morgan fingerprint density at radius 2 is 1.89 bits per heavy atom. The summed E-state index contributed by atoms with van der Waals surface area (Å²) in [5, 5.41) is 13.3. The van der Waals surface area contributed by atoms with Gasteiger partial charge in [-0.05, 0) is 38.8 Å². The molecule has 18 heavy (non-hydrogen) atoms. The van der Waals surface area contributed by atoms with Gasteiger partial charge in [0.05, 0.1) is 5.60 Å². The van der Waals surface area contributed by atoms with Crippen LogP contribution in [0, 0.1) is 5.92 Å². The van der Waals surface area contributed by atoms with Crippen LogP contribution in [-0.4, -0.2) is 48.2 Å². The first-order valence-corrected chi connectivity index (χ1v) is 7.29. The molecule has 0 aromatic rings. The summed E-state index contributed by atoms with van der Waals surface area (Å²) < 4.78 is 0. The van der Waals surface area contributed by atoms with Gasteiger partial charge in [0.25, 0.3) is 0 Å². The van der Waals surface area contributed by atoms with E-state index in [9.17, 15) is 9.90 Å². The molecule has 0 aromatic heterocycles. The number of amides is 1. The number of carbonyl (C=O) groups is 1. The lowest BCUT2D eigenvalue weighted by Gasteiger charge is -2.39. The third-order valence-corrected chi connectivity index (χ3v) is 4.51. The number of carbonyl (C=O) groups excluding carboxylic acids is 1. The molecule has 2 rings (SSSR count). The van der Waals surface area contributed by atoms with Gasteiger partial charge in [-0.2, -0.15) is 0 Å². The fraction of sp³-hybridized carbons (Fsp3) is 0.929. The molecule has 1 saturated carbocycles. The Bertz CT molecular complexity index is 280. The summed E-state index contributed by atoms with van der Waals surface area (Å²) in [7, 11) is 1.71. The summed E-state index contributed by atoms with van der Waals surface area (Å²) in [6.07, 6.45) is 7.33. The Balaban J connectivity index is 1.77. The predicted octanol–water partition coefficient (Wildman–Crippen LogP) is 1.14. The molecular formula is C14H26N2O2.